The van der Waals surface area contributed by atoms with Gasteiger partial charge in [-0.3, -0.25) is 0 Å². The molecule has 0 heterocycles. The van der Waals surface area contributed by atoms with E-state index in [4.69, 9.17) is 11.6 Å². The Balaban J connectivity index is 3.37. The molecule has 16 heavy (non-hydrogen) atoms. The molecule has 0 N–H and O–H groups in total. The van der Waals surface area contributed by atoms with E-state index in [1.165, 1.54) is 16.7 Å². The highest BCUT2D eigenvalue weighted by Crippen LogP contribution is 2.39. The quantitative estimate of drug-likeness (QED) is 0.621. The molecule has 0 radical (unpaired) electrons. The monoisotopic (exact) mass is 236 g/mol. The summed E-state index contributed by atoms with van der Waals surface area (Å²) in [5.74, 6) is 0. The lowest BCUT2D eigenvalue weighted by molar-refractivity contribution is 0.561. The topological polar surface area (TPSA) is 0 Å². The number of rotatable bonds is 5. The zero-order chi connectivity index (χ0) is 12.2. The van der Waals surface area contributed by atoms with Crippen molar-refractivity contribution in [3.8, 4) is 0 Å². The van der Waals surface area contributed by atoms with E-state index in [9.17, 15) is 0 Å². The molecule has 0 amide bonds. The lowest BCUT2D eigenvalue weighted by atomic mass is 9.86. The van der Waals surface area contributed by atoms with Crippen molar-refractivity contribution < 1.29 is 0 Å². The number of hydrogen-bond acceptors (Lipinski definition) is 0. The van der Waals surface area contributed by atoms with E-state index in [2.05, 4.69) is 45.5 Å². The maximum Gasteiger partial charge on any atom is 0.0692 e. The van der Waals surface area contributed by atoms with Crippen LogP contribution in [0.2, 0.25) is 0 Å². The summed E-state index contributed by atoms with van der Waals surface area (Å²) in [6.45, 7) is 10.3. The van der Waals surface area contributed by atoms with Crippen molar-refractivity contribution in [3.05, 3.63) is 41.5 Å². The summed E-state index contributed by atoms with van der Waals surface area (Å²) in [4.78, 5) is -0.218. The van der Waals surface area contributed by atoms with E-state index >= 15 is 0 Å². The summed E-state index contributed by atoms with van der Waals surface area (Å²) in [6.07, 6.45) is 4.84. The molecule has 88 valence electrons. The molecule has 0 aliphatic carbocycles. The van der Waals surface area contributed by atoms with E-state index in [1.807, 2.05) is 6.08 Å². The van der Waals surface area contributed by atoms with Gasteiger partial charge in [0.05, 0.1) is 4.87 Å². The minimum Gasteiger partial charge on any atom is -0.114 e. The van der Waals surface area contributed by atoms with Crippen molar-refractivity contribution in [2.45, 2.75) is 44.9 Å². The molecule has 1 aromatic rings. The first-order chi connectivity index (χ1) is 7.62. The molecule has 1 aromatic carbocycles. The minimum absolute atomic E-state index is 0.218. The van der Waals surface area contributed by atoms with Gasteiger partial charge in [0.25, 0.3) is 0 Å². The van der Waals surface area contributed by atoms with Crippen LogP contribution in [0.5, 0.6) is 0 Å². The van der Waals surface area contributed by atoms with Crippen molar-refractivity contribution in [2.75, 3.05) is 0 Å². The molecule has 0 nitrogen and oxygen atoms in total. The van der Waals surface area contributed by atoms with Crippen LogP contribution in [0.1, 0.15) is 50.3 Å². The maximum atomic E-state index is 6.71. The second-order valence-electron chi connectivity index (χ2n) is 4.10. The summed E-state index contributed by atoms with van der Waals surface area (Å²) in [6, 6.07) is 6.34. The van der Waals surface area contributed by atoms with Gasteiger partial charge in [0.1, 0.15) is 0 Å². The zero-order valence-corrected chi connectivity index (χ0v) is 11.3. The minimum atomic E-state index is -0.218. The van der Waals surface area contributed by atoms with Crippen LogP contribution >= 0.6 is 11.6 Å². The summed E-state index contributed by atoms with van der Waals surface area (Å²) in [7, 11) is 0. The van der Waals surface area contributed by atoms with Crippen LogP contribution in [0.4, 0.5) is 0 Å². The Morgan fingerprint density at radius 2 is 1.88 bits per heavy atom. The van der Waals surface area contributed by atoms with E-state index in [0.29, 0.717) is 0 Å². The first-order valence-corrected chi connectivity index (χ1v) is 6.44. The van der Waals surface area contributed by atoms with Crippen LogP contribution in [0.15, 0.2) is 24.8 Å². The van der Waals surface area contributed by atoms with Gasteiger partial charge in [0.15, 0.2) is 0 Å². The van der Waals surface area contributed by atoms with Crippen LogP contribution < -0.4 is 0 Å². The smallest absolute Gasteiger partial charge is 0.0692 e. The highest BCUT2D eigenvalue weighted by molar-refractivity contribution is 6.24. The lowest BCUT2D eigenvalue weighted by Gasteiger charge is -2.28. The molecule has 0 atom stereocenters. The van der Waals surface area contributed by atoms with Gasteiger partial charge in [-0.1, -0.05) is 51.6 Å². The van der Waals surface area contributed by atoms with Gasteiger partial charge in [0.2, 0.25) is 0 Å². The Bertz CT molecular complexity index is 362. The van der Waals surface area contributed by atoms with Crippen molar-refractivity contribution in [1.29, 1.82) is 0 Å². The second-order valence-corrected chi connectivity index (χ2v) is 4.83. The molecule has 0 aliphatic heterocycles. The largest absolute Gasteiger partial charge is 0.114 e. The predicted octanol–water partition coefficient (Wildman–Crippen LogP) is 5.15. The molecule has 0 bridgehead atoms. The summed E-state index contributed by atoms with van der Waals surface area (Å²) in [5, 5.41) is 0. The SMILES string of the molecule is C=Cc1cccc(C(Cl)(CC)CC)c1CC. The number of benzene rings is 1. The van der Waals surface area contributed by atoms with Gasteiger partial charge in [0, 0.05) is 0 Å². The van der Waals surface area contributed by atoms with Gasteiger partial charge < -0.3 is 0 Å². The first kappa shape index (κ1) is 13.3. The Hall–Kier alpha value is -0.750. The molecule has 0 aromatic heterocycles. The van der Waals surface area contributed by atoms with E-state index < -0.39 is 0 Å². The Kier molecular flexibility index (Phi) is 4.61. The number of alkyl halides is 1. The lowest BCUT2D eigenvalue weighted by Crippen LogP contribution is -2.18. The van der Waals surface area contributed by atoms with Crippen LogP contribution in [0.25, 0.3) is 6.08 Å². The fraction of sp³-hybridized carbons (Fsp3) is 0.467. The molecule has 0 aliphatic rings. The maximum absolute atomic E-state index is 6.71. The number of halogens is 1. The predicted molar refractivity (Wildman–Crippen MR) is 74.0 cm³/mol. The normalized spacial score (nSPS) is 11.5. The molecular formula is C15H21Cl. The summed E-state index contributed by atoms with van der Waals surface area (Å²) >= 11 is 6.71. The molecule has 0 saturated heterocycles. The highest BCUT2D eigenvalue weighted by Gasteiger charge is 2.27. The zero-order valence-electron chi connectivity index (χ0n) is 10.5. The second kappa shape index (κ2) is 5.54. The van der Waals surface area contributed by atoms with Crippen molar-refractivity contribution in [2.24, 2.45) is 0 Å². The standard InChI is InChI=1S/C15H21Cl/c1-5-12-10-9-11-14(13(12)6-2)15(16,7-3)8-4/h5,9-11H,1,6-8H2,2-4H3. The van der Waals surface area contributed by atoms with Crippen LogP contribution in [0.3, 0.4) is 0 Å². The van der Waals surface area contributed by atoms with Gasteiger partial charge in [-0.15, -0.1) is 11.6 Å². The number of hydrogen-bond donors (Lipinski definition) is 0. The fourth-order valence-electron chi connectivity index (χ4n) is 2.24. The van der Waals surface area contributed by atoms with Gasteiger partial charge in [-0.2, -0.15) is 0 Å². The van der Waals surface area contributed by atoms with Gasteiger partial charge in [-0.05, 0) is 36.0 Å². The molecular weight excluding hydrogens is 216 g/mol. The van der Waals surface area contributed by atoms with Gasteiger partial charge in [-0.25, -0.2) is 0 Å². The average molecular weight is 237 g/mol. The van der Waals surface area contributed by atoms with Crippen LogP contribution in [-0.2, 0) is 11.3 Å². The molecule has 0 spiro atoms. The van der Waals surface area contributed by atoms with Gasteiger partial charge >= 0.3 is 0 Å². The molecule has 1 heteroatoms. The van der Waals surface area contributed by atoms with Crippen LogP contribution in [0, 0.1) is 0 Å². The van der Waals surface area contributed by atoms with Crippen LogP contribution in [-0.4, -0.2) is 0 Å². The third kappa shape index (κ3) is 2.32. The Morgan fingerprint density at radius 3 is 2.31 bits per heavy atom. The van der Waals surface area contributed by atoms with Crippen molar-refractivity contribution in [3.63, 3.8) is 0 Å². The first-order valence-electron chi connectivity index (χ1n) is 6.06. The van der Waals surface area contributed by atoms with Crippen molar-refractivity contribution >= 4 is 17.7 Å². The molecule has 1 rings (SSSR count). The Morgan fingerprint density at radius 1 is 1.25 bits per heavy atom. The molecule has 0 saturated carbocycles. The summed E-state index contributed by atoms with van der Waals surface area (Å²) < 4.78 is 0. The fourth-order valence-corrected chi connectivity index (χ4v) is 2.42. The Labute approximate surface area is 104 Å². The third-order valence-electron chi connectivity index (χ3n) is 3.39. The van der Waals surface area contributed by atoms with E-state index in [1.54, 1.807) is 0 Å². The average Bonchev–Trinajstić information content (AvgIpc) is 2.36. The third-order valence-corrected chi connectivity index (χ3v) is 4.13. The summed E-state index contributed by atoms with van der Waals surface area (Å²) in [5.41, 5.74) is 3.84. The van der Waals surface area contributed by atoms with E-state index in [-0.39, 0.29) is 4.87 Å². The van der Waals surface area contributed by atoms with Crippen molar-refractivity contribution in [1.82, 2.24) is 0 Å². The van der Waals surface area contributed by atoms with E-state index in [0.717, 1.165) is 19.3 Å². The molecule has 0 fully saturated rings. The highest BCUT2D eigenvalue weighted by atomic mass is 35.5. The molecule has 0 unspecified atom stereocenters.